The molecule has 0 saturated carbocycles. The Morgan fingerprint density at radius 1 is 1.14 bits per heavy atom. The summed E-state index contributed by atoms with van der Waals surface area (Å²) < 4.78 is 35.8. The molecule has 0 spiro atoms. The Morgan fingerprint density at radius 3 is 2.38 bits per heavy atom. The maximum atomic E-state index is 14.4. The molecular formula is C22H21F2N3O2. The van der Waals surface area contributed by atoms with Crippen LogP contribution in [0.4, 0.5) is 8.78 Å². The molecule has 0 bridgehead atoms. The van der Waals surface area contributed by atoms with Crippen LogP contribution in [0.1, 0.15) is 34.5 Å². The Kier molecular flexibility index (Phi) is 6.25. The van der Waals surface area contributed by atoms with Gasteiger partial charge in [-0.3, -0.25) is 0 Å². The van der Waals surface area contributed by atoms with Gasteiger partial charge in [0.2, 0.25) is 0 Å². The van der Waals surface area contributed by atoms with Crippen LogP contribution in [0.15, 0.2) is 36.4 Å². The Morgan fingerprint density at radius 2 is 1.79 bits per heavy atom. The fourth-order valence-electron chi connectivity index (χ4n) is 3.07. The van der Waals surface area contributed by atoms with Crippen LogP contribution < -0.4 is 4.74 Å². The zero-order valence-corrected chi connectivity index (χ0v) is 16.2. The molecule has 0 aliphatic carbocycles. The first kappa shape index (κ1) is 20.5. The van der Waals surface area contributed by atoms with Gasteiger partial charge in [-0.15, -0.1) is 0 Å². The molecule has 29 heavy (non-hydrogen) atoms. The van der Waals surface area contributed by atoms with Crippen LogP contribution in [0.2, 0.25) is 0 Å². The molecule has 0 aliphatic rings. The molecule has 0 radical (unpaired) electrons. The fraction of sp³-hybridized carbons (Fsp3) is 0.273. The third kappa shape index (κ3) is 4.44. The lowest BCUT2D eigenvalue weighted by atomic mass is 10.1. The van der Waals surface area contributed by atoms with E-state index in [1.54, 1.807) is 11.6 Å². The first-order valence-electron chi connectivity index (χ1n) is 9.21. The van der Waals surface area contributed by atoms with Crippen molar-refractivity contribution >= 4 is 0 Å². The second kappa shape index (κ2) is 8.84. The van der Waals surface area contributed by atoms with Gasteiger partial charge in [0, 0.05) is 6.61 Å². The molecule has 1 heterocycles. The third-order valence-corrected chi connectivity index (χ3v) is 4.58. The predicted octanol–water partition coefficient (Wildman–Crippen LogP) is 4.14. The van der Waals surface area contributed by atoms with Gasteiger partial charge >= 0.3 is 0 Å². The van der Waals surface area contributed by atoms with Crippen LogP contribution in [0.25, 0.3) is 5.69 Å². The van der Waals surface area contributed by atoms with E-state index in [9.17, 15) is 14.0 Å². The first-order chi connectivity index (χ1) is 13.9. The SMILES string of the molecule is Cc1ccc(-n2nc(C)c(C#N)c2COc2c(F)cc(CCCO)cc2F)cc1. The minimum Gasteiger partial charge on any atom is -0.481 e. The lowest BCUT2D eigenvalue weighted by Crippen LogP contribution is -2.09. The van der Waals surface area contributed by atoms with Crippen molar-refractivity contribution in [3.05, 3.63) is 76.1 Å². The molecule has 0 fully saturated rings. The van der Waals surface area contributed by atoms with E-state index in [-0.39, 0.29) is 13.2 Å². The molecular weight excluding hydrogens is 376 g/mol. The molecule has 1 aromatic heterocycles. The minimum atomic E-state index is -0.824. The maximum absolute atomic E-state index is 14.4. The Labute approximate surface area is 167 Å². The van der Waals surface area contributed by atoms with Gasteiger partial charge in [0.1, 0.15) is 18.2 Å². The highest BCUT2D eigenvalue weighted by atomic mass is 19.1. The standard InChI is InChI=1S/C22H21F2N3O2/c1-14-5-7-17(8-6-14)27-21(18(12-25)15(2)26-27)13-29-22-19(23)10-16(4-3-9-28)11-20(22)24/h5-8,10-11,28H,3-4,9,13H2,1-2H3. The van der Waals surface area contributed by atoms with Crippen molar-refractivity contribution in [2.75, 3.05) is 6.61 Å². The molecule has 0 saturated heterocycles. The summed E-state index contributed by atoms with van der Waals surface area (Å²) in [5.74, 6) is -2.15. The number of benzene rings is 2. The van der Waals surface area contributed by atoms with Crippen LogP contribution in [-0.4, -0.2) is 21.5 Å². The summed E-state index contributed by atoms with van der Waals surface area (Å²) >= 11 is 0. The van der Waals surface area contributed by atoms with Gasteiger partial charge < -0.3 is 9.84 Å². The summed E-state index contributed by atoms with van der Waals surface area (Å²) in [6.07, 6.45) is 0.780. The monoisotopic (exact) mass is 397 g/mol. The Balaban J connectivity index is 1.91. The molecule has 3 aromatic rings. The van der Waals surface area contributed by atoms with Crippen molar-refractivity contribution in [1.82, 2.24) is 9.78 Å². The second-order valence-corrected chi connectivity index (χ2v) is 6.77. The molecule has 0 amide bonds. The Hall–Kier alpha value is -3.24. The maximum Gasteiger partial charge on any atom is 0.191 e. The van der Waals surface area contributed by atoms with Crippen molar-refractivity contribution < 1.29 is 18.6 Å². The van der Waals surface area contributed by atoms with Crippen LogP contribution in [-0.2, 0) is 13.0 Å². The van der Waals surface area contributed by atoms with Crippen molar-refractivity contribution in [2.45, 2.75) is 33.3 Å². The lowest BCUT2D eigenvalue weighted by Gasteiger charge is -2.12. The summed E-state index contributed by atoms with van der Waals surface area (Å²) in [4.78, 5) is 0. The summed E-state index contributed by atoms with van der Waals surface area (Å²) in [5.41, 5.74) is 3.47. The van der Waals surface area contributed by atoms with Gasteiger partial charge in [0.05, 0.1) is 17.1 Å². The number of aliphatic hydroxyl groups excluding tert-OH is 1. The van der Waals surface area contributed by atoms with E-state index in [1.165, 1.54) is 12.1 Å². The van der Waals surface area contributed by atoms with Gasteiger partial charge in [-0.25, -0.2) is 13.5 Å². The van der Waals surface area contributed by atoms with Gasteiger partial charge in [-0.1, -0.05) is 17.7 Å². The molecule has 5 nitrogen and oxygen atoms in total. The topological polar surface area (TPSA) is 71.1 Å². The molecule has 2 aromatic carbocycles. The van der Waals surface area contributed by atoms with E-state index in [2.05, 4.69) is 11.2 Å². The summed E-state index contributed by atoms with van der Waals surface area (Å²) in [5, 5.41) is 22.8. The number of halogens is 2. The minimum absolute atomic E-state index is 0.0548. The quantitative estimate of drug-likeness (QED) is 0.650. The van der Waals surface area contributed by atoms with E-state index >= 15 is 0 Å². The molecule has 0 unspecified atom stereocenters. The number of aryl methyl sites for hydroxylation is 3. The van der Waals surface area contributed by atoms with Crippen molar-refractivity contribution in [3.63, 3.8) is 0 Å². The van der Waals surface area contributed by atoms with Crippen LogP contribution >= 0.6 is 0 Å². The number of aliphatic hydroxyl groups is 1. The third-order valence-electron chi connectivity index (χ3n) is 4.58. The normalized spacial score (nSPS) is 10.8. The van der Waals surface area contributed by atoms with E-state index in [0.29, 0.717) is 35.4 Å². The summed E-state index contributed by atoms with van der Waals surface area (Å²) in [7, 11) is 0. The lowest BCUT2D eigenvalue weighted by molar-refractivity contribution is 0.266. The highest BCUT2D eigenvalue weighted by Gasteiger charge is 2.19. The average molecular weight is 397 g/mol. The number of nitrogens with zero attached hydrogens (tertiary/aromatic N) is 3. The predicted molar refractivity (Wildman–Crippen MR) is 104 cm³/mol. The van der Waals surface area contributed by atoms with E-state index in [4.69, 9.17) is 9.84 Å². The van der Waals surface area contributed by atoms with Gasteiger partial charge in [-0.2, -0.15) is 10.4 Å². The number of ether oxygens (including phenoxy) is 1. The molecule has 150 valence electrons. The fourth-order valence-corrected chi connectivity index (χ4v) is 3.07. The zero-order chi connectivity index (χ0) is 21.0. The number of hydrogen-bond donors (Lipinski definition) is 1. The van der Waals surface area contributed by atoms with Crippen molar-refractivity contribution in [3.8, 4) is 17.5 Å². The molecule has 3 rings (SSSR count). The zero-order valence-electron chi connectivity index (χ0n) is 16.2. The van der Waals surface area contributed by atoms with Crippen molar-refractivity contribution in [2.24, 2.45) is 0 Å². The largest absolute Gasteiger partial charge is 0.481 e. The molecule has 0 atom stereocenters. The van der Waals surface area contributed by atoms with Crippen LogP contribution in [0.5, 0.6) is 5.75 Å². The average Bonchev–Trinajstić information content (AvgIpc) is 3.01. The number of aromatic nitrogens is 2. The highest BCUT2D eigenvalue weighted by Crippen LogP contribution is 2.26. The van der Waals surface area contributed by atoms with Crippen LogP contribution in [0.3, 0.4) is 0 Å². The smallest absolute Gasteiger partial charge is 0.191 e. The molecule has 7 heteroatoms. The van der Waals surface area contributed by atoms with Gasteiger partial charge in [-0.05, 0) is 56.5 Å². The van der Waals surface area contributed by atoms with Gasteiger partial charge in [0.25, 0.3) is 0 Å². The number of rotatable bonds is 7. The van der Waals surface area contributed by atoms with E-state index < -0.39 is 17.4 Å². The highest BCUT2D eigenvalue weighted by molar-refractivity contribution is 5.44. The van der Waals surface area contributed by atoms with Crippen LogP contribution in [0, 0.1) is 36.8 Å². The summed E-state index contributed by atoms with van der Waals surface area (Å²) in [6.45, 7) is 3.38. The molecule has 0 aliphatic heterocycles. The van der Waals surface area contributed by atoms with E-state index in [1.807, 2.05) is 31.2 Å². The van der Waals surface area contributed by atoms with E-state index in [0.717, 1.165) is 11.3 Å². The first-order valence-corrected chi connectivity index (χ1v) is 9.21. The molecule has 1 N–H and O–H groups in total. The Bertz CT molecular complexity index is 1030. The number of hydrogen-bond acceptors (Lipinski definition) is 4. The summed E-state index contributed by atoms with van der Waals surface area (Å²) in [6, 6.07) is 12.0. The van der Waals surface area contributed by atoms with Gasteiger partial charge in [0.15, 0.2) is 17.4 Å². The van der Waals surface area contributed by atoms with Crippen molar-refractivity contribution in [1.29, 1.82) is 5.26 Å². The number of nitriles is 1. The second-order valence-electron chi connectivity index (χ2n) is 6.77.